The maximum Gasteiger partial charge on any atom is 0.335 e. The molecule has 29 heavy (non-hydrogen) atoms. The summed E-state index contributed by atoms with van der Waals surface area (Å²) in [4.78, 5) is 11.2. The summed E-state index contributed by atoms with van der Waals surface area (Å²) in [6.07, 6.45) is 3.83. The molecule has 0 unspecified atom stereocenters. The molecule has 2 rings (SSSR count). The number of ether oxygens (including phenoxy) is 1. The molecule has 0 saturated heterocycles. The molecule has 0 atom stereocenters. The molecular weight excluding hydrogens is 360 g/mol. The van der Waals surface area contributed by atoms with Crippen molar-refractivity contribution in [2.24, 2.45) is 5.41 Å². The van der Waals surface area contributed by atoms with Crippen LogP contribution in [0.15, 0.2) is 42.5 Å². The van der Waals surface area contributed by atoms with Crippen LogP contribution in [0, 0.1) is 5.41 Å². The Labute approximate surface area is 176 Å². The van der Waals surface area contributed by atoms with Crippen molar-refractivity contribution in [2.45, 2.75) is 72.6 Å². The molecular formula is C26H36O3. The minimum Gasteiger partial charge on any atom is -0.493 e. The van der Waals surface area contributed by atoms with Crippen LogP contribution in [-0.4, -0.2) is 17.7 Å². The second kappa shape index (κ2) is 9.47. The molecule has 2 aromatic rings. The van der Waals surface area contributed by atoms with Gasteiger partial charge in [-0.2, -0.15) is 0 Å². The molecule has 0 aliphatic heterocycles. The standard InChI is InChI=1S/C26H36O3/c1-7-19-18-22(14-15-23(19)29-17-16-25(4,5)6)26(8-2,9-3)21-12-10-20(11-13-21)24(27)28/h10-15,18H,7-9,16-17H2,1-6H3,(H,27,28). The van der Waals surface area contributed by atoms with Crippen molar-refractivity contribution < 1.29 is 14.6 Å². The van der Waals surface area contributed by atoms with Gasteiger partial charge >= 0.3 is 5.97 Å². The van der Waals surface area contributed by atoms with Gasteiger partial charge in [0.1, 0.15) is 5.75 Å². The fraction of sp³-hybridized carbons (Fsp3) is 0.500. The van der Waals surface area contributed by atoms with Gasteiger partial charge in [0.25, 0.3) is 0 Å². The summed E-state index contributed by atoms with van der Waals surface area (Å²) in [5, 5.41) is 9.22. The van der Waals surface area contributed by atoms with Gasteiger partial charge in [0.2, 0.25) is 0 Å². The zero-order valence-electron chi connectivity index (χ0n) is 18.8. The average Bonchev–Trinajstić information content (AvgIpc) is 2.69. The van der Waals surface area contributed by atoms with Gasteiger partial charge in [-0.05, 0) is 66.0 Å². The Morgan fingerprint density at radius 2 is 1.52 bits per heavy atom. The summed E-state index contributed by atoms with van der Waals surface area (Å²) in [6, 6.07) is 13.9. The lowest BCUT2D eigenvalue weighted by atomic mass is 9.70. The Hall–Kier alpha value is -2.29. The number of rotatable bonds is 9. The van der Waals surface area contributed by atoms with Crippen molar-refractivity contribution in [3.05, 3.63) is 64.7 Å². The van der Waals surface area contributed by atoms with Gasteiger partial charge in [-0.1, -0.05) is 65.8 Å². The van der Waals surface area contributed by atoms with Crippen molar-refractivity contribution in [1.29, 1.82) is 0 Å². The molecule has 0 saturated carbocycles. The summed E-state index contributed by atoms with van der Waals surface area (Å²) < 4.78 is 6.12. The molecule has 0 fully saturated rings. The van der Waals surface area contributed by atoms with Gasteiger partial charge in [0, 0.05) is 5.41 Å². The van der Waals surface area contributed by atoms with Crippen LogP contribution in [-0.2, 0) is 11.8 Å². The van der Waals surface area contributed by atoms with E-state index in [-0.39, 0.29) is 10.8 Å². The van der Waals surface area contributed by atoms with E-state index in [1.807, 2.05) is 12.1 Å². The third-order valence-electron chi connectivity index (χ3n) is 6.00. The highest BCUT2D eigenvalue weighted by Crippen LogP contribution is 2.40. The number of carbonyl (C=O) groups is 1. The molecule has 0 aliphatic rings. The first-order valence-corrected chi connectivity index (χ1v) is 10.8. The summed E-state index contributed by atoms with van der Waals surface area (Å²) in [6.45, 7) is 14.0. The quantitative estimate of drug-likeness (QED) is 0.503. The Bertz CT molecular complexity index is 809. The molecule has 0 heterocycles. The lowest BCUT2D eigenvalue weighted by molar-refractivity contribution is 0.0697. The van der Waals surface area contributed by atoms with Crippen LogP contribution < -0.4 is 4.74 Å². The zero-order valence-corrected chi connectivity index (χ0v) is 18.8. The molecule has 158 valence electrons. The minimum absolute atomic E-state index is 0.134. The molecule has 2 aromatic carbocycles. The second-order valence-electron chi connectivity index (χ2n) is 9.01. The lowest BCUT2D eigenvalue weighted by Gasteiger charge is -2.34. The normalized spacial score (nSPS) is 12.1. The maximum absolute atomic E-state index is 11.2. The van der Waals surface area contributed by atoms with E-state index in [1.165, 1.54) is 11.1 Å². The van der Waals surface area contributed by atoms with Crippen LogP contribution in [0.2, 0.25) is 0 Å². The van der Waals surface area contributed by atoms with E-state index in [9.17, 15) is 9.90 Å². The first-order valence-electron chi connectivity index (χ1n) is 10.8. The van der Waals surface area contributed by atoms with Gasteiger partial charge in [-0.25, -0.2) is 4.79 Å². The van der Waals surface area contributed by atoms with E-state index in [0.717, 1.165) is 43.6 Å². The van der Waals surface area contributed by atoms with Crippen LogP contribution in [0.3, 0.4) is 0 Å². The van der Waals surface area contributed by atoms with Crippen LogP contribution in [0.5, 0.6) is 5.75 Å². The fourth-order valence-corrected chi connectivity index (χ4v) is 3.93. The van der Waals surface area contributed by atoms with Gasteiger partial charge in [-0.3, -0.25) is 0 Å². The van der Waals surface area contributed by atoms with Crippen LogP contribution in [0.1, 0.15) is 87.9 Å². The number of carboxylic acids is 1. The molecule has 0 spiro atoms. The monoisotopic (exact) mass is 396 g/mol. The predicted molar refractivity (Wildman–Crippen MR) is 120 cm³/mol. The molecule has 0 bridgehead atoms. The number of benzene rings is 2. The van der Waals surface area contributed by atoms with E-state index in [4.69, 9.17) is 4.74 Å². The Balaban J connectivity index is 2.38. The molecule has 0 amide bonds. The van der Waals surface area contributed by atoms with E-state index in [0.29, 0.717) is 5.56 Å². The third-order valence-corrected chi connectivity index (χ3v) is 6.00. The predicted octanol–water partition coefficient (Wildman–Crippen LogP) is 6.87. The number of hydrogen-bond donors (Lipinski definition) is 1. The molecule has 0 aliphatic carbocycles. The van der Waals surface area contributed by atoms with Crippen LogP contribution >= 0.6 is 0 Å². The first kappa shape index (κ1) is 23.0. The Morgan fingerprint density at radius 3 is 2.00 bits per heavy atom. The van der Waals surface area contributed by atoms with Crippen molar-refractivity contribution in [1.82, 2.24) is 0 Å². The van der Waals surface area contributed by atoms with Crippen molar-refractivity contribution >= 4 is 5.97 Å². The molecule has 3 nitrogen and oxygen atoms in total. The van der Waals surface area contributed by atoms with E-state index in [2.05, 4.69) is 59.7 Å². The summed E-state index contributed by atoms with van der Waals surface area (Å²) in [7, 11) is 0. The number of aromatic carboxylic acids is 1. The first-order chi connectivity index (χ1) is 13.7. The fourth-order valence-electron chi connectivity index (χ4n) is 3.93. The molecule has 0 aromatic heterocycles. The van der Waals surface area contributed by atoms with Crippen LogP contribution in [0.4, 0.5) is 0 Å². The van der Waals surface area contributed by atoms with Gasteiger partial charge < -0.3 is 9.84 Å². The van der Waals surface area contributed by atoms with Crippen molar-refractivity contribution in [3.63, 3.8) is 0 Å². The van der Waals surface area contributed by atoms with Gasteiger partial charge in [0.05, 0.1) is 12.2 Å². The third kappa shape index (κ3) is 5.41. The highest BCUT2D eigenvalue weighted by molar-refractivity contribution is 5.87. The Kier molecular flexibility index (Phi) is 7.51. The SMILES string of the molecule is CCc1cc(C(CC)(CC)c2ccc(C(=O)O)cc2)ccc1OCCC(C)(C)C. The number of aryl methyl sites for hydroxylation is 1. The van der Waals surface area contributed by atoms with Crippen LogP contribution in [0.25, 0.3) is 0 Å². The highest BCUT2D eigenvalue weighted by Gasteiger charge is 2.31. The second-order valence-corrected chi connectivity index (χ2v) is 9.01. The summed E-state index contributed by atoms with van der Waals surface area (Å²) >= 11 is 0. The van der Waals surface area contributed by atoms with E-state index < -0.39 is 5.97 Å². The smallest absolute Gasteiger partial charge is 0.335 e. The molecule has 3 heteroatoms. The number of hydrogen-bond acceptors (Lipinski definition) is 2. The highest BCUT2D eigenvalue weighted by atomic mass is 16.5. The maximum atomic E-state index is 11.2. The molecule has 0 radical (unpaired) electrons. The van der Waals surface area contributed by atoms with E-state index >= 15 is 0 Å². The summed E-state index contributed by atoms with van der Waals surface area (Å²) in [5.41, 5.74) is 4.11. The minimum atomic E-state index is -0.889. The van der Waals surface area contributed by atoms with Crippen molar-refractivity contribution in [3.8, 4) is 5.75 Å². The zero-order chi connectivity index (χ0) is 21.7. The van der Waals surface area contributed by atoms with Gasteiger partial charge in [0.15, 0.2) is 0 Å². The Morgan fingerprint density at radius 1 is 0.931 bits per heavy atom. The largest absolute Gasteiger partial charge is 0.493 e. The lowest BCUT2D eigenvalue weighted by Crippen LogP contribution is -2.26. The topological polar surface area (TPSA) is 46.5 Å². The average molecular weight is 397 g/mol. The van der Waals surface area contributed by atoms with E-state index in [1.54, 1.807) is 12.1 Å². The van der Waals surface area contributed by atoms with Gasteiger partial charge in [-0.15, -0.1) is 0 Å². The summed E-state index contributed by atoms with van der Waals surface area (Å²) in [5.74, 6) is 0.0861. The molecule has 1 N–H and O–H groups in total. The van der Waals surface area contributed by atoms with Crippen molar-refractivity contribution in [2.75, 3.05) is 6.61 Å². The number of carboxylic acid groups (broad SMARTS) is 1.